The Kier molecular flexibility index (Phi) is 10.4. The summed E-state index contributed by atoms with van der Waals surface area (Å²) in [6.45, 7) is 29.1. The molecule has 3 heterocycles. The lowest BCUT2D eigenvalue weighted by Crippen LogP contribution is -2.51. The third-order valence-corrected chi connectivity index (χ3v) is 24.0. The number of allylic oxidation sites excluding steroid dienone is 2. The first-order valence-electron chi connectivity index (χ1n) is 17.7. The van der Waals surface area contributed by atoms with E-state index in [1.807, 2.05) is 24.3 Å². The van der Waals surface area contributed by atoms with E-state index in [9.17, 15) is 0 Å². The molecule has 0 unspecified atom stereocenters. The lowest BCUT2D eigenvalue weighted by atomic mass is 9.83. The van der Waals surface area contributed by atoms with Crippen molar-refractivity contribution in [2.75, 3.05) is 0 Å². The van der Waals surface area contributed by atoms with Crippen LogP contribution in [0.3, 0.4) is 0 Å². The van der Waals surface area contributed by atoms with E-state index >= 15 is 8.63 Å². The Balaban J connectivity index is 2.12. The molecule has 0 radical (unpaired) electrons. The molecule has 0 N–H and O–H groups in total. The number of rotatable bonds is 7. The van der Waals surface area contributed by atoms with Gasteiger partial charge < -0.3 is 17.6 Å². The van der Waals surface area contributed by atoms with Crippen LogP contribution in [0.1, 0.15) is 117 Å². The second-order valence-electron chi connectivity index (χ2n) is 16.0. The minimum absolute atomic E-state index is 0.386. The van der Waals surface area contributed by atoms with Gasteiger partial charge in [-0.3, -0.25) is 0 Å². The van der Waals surface area contributed by atoms with Gasteiger partial charge in [-0.15, -0.1) is 11.1 Å². The highest BCUT2D eigenvalue weighted by Crippen LogP contribution is 2.45. The quantitative estimate of drug-likeness (QED) is 0.205. The predicted molar refractivity (Wildman–Crippen MR) is 206 cm³/mol. The van der Waals surface area contributed by atoms with Crippen molar-refractivity contribution in [2.45, 2.75) is 137 Å². The van der Waals surface area contributed by atoms with Gasteiger partial charge in [0.15, 0.2) is 5.70 Å². The zero-order valence-corrected chi connectivity index (χ0v) is 33.7. The summed E-state index contributed by atoms with van der Waals surface area (Å²) in [5.41, 5.74) is 16.9. The predicted octanol–water partition coefficient (Wildman–Crippen LogP) is 11.2. The Morgan fingerprint density at radius 2 is 1.11 bits per heavy atom. The van der Waals surface area contributed by atoms with Crippen molar-refractivity contribution in [1.82, 2.24) is 4.48 Å². The molecule has 2 aliphatic rings. The summed E-state index contributed by atoms with van der Waals surface area (Å²) in [7, 11) is -4.32. The lowest BCUT2D eigenvalue weighted by Gasteiger charge is -2.38. The molecule has 1 aromatic heterocycles. The first-order chi connectivity index (χ1) is 21.8. The van der Waals surface area contributed by atoms with Crippen LogP contribution in [0.4, 0.5) is 8.63 Å². The van der Waals surface area contributed by atoms with Crippen molar-refractivity contribution in [3.8, 4) is 22.9 Å². The Morgan fingerprint density at radius 3 is 1.55 bits per heavy atom. The van der Waals surface area contributed by atoms with Gasteiger partial charge in [-0.05, 0) is 88.8 Å². The molecule has 0 saturated heterocycles. The van der Waals surface area contributed by atoms with Gasteiger partial charge in [0, 0.05) is 17.8 Å². The van der Waals surface area contributed by atoms with E-state index in [2.05, 4.69) is 139 Å². The fourth-order valence-electron chi connectivity index (χ4n) is 9.46. The number of hydrogen-bond acceptors (Lipinski definition) is 0. The fourth-order valence-corrected chi connectivity index (χ4v) is 19.9. The maximum Gasteiger partial charge on any atom is 0.738 e. The molecule has 4 rings (SSSR count). The number of nitrogens with zero attached hydrogens (tertiary/aromatic N) is 2. The maximum absolute atomic E-state index is 17.4. The summed E-state index contributed by atoms with van der Waals surface area (Å²) in [5.74, 6) is 6.80. The van der Waals surface area contributed by atoms with Crippen LogP contribution in [-0.4, -0.2) is 37.8 Å². The van der Waals surface area contributed by atoms with Crippen molar-refractivity contribution in [3.63, 3.8) is 0 Å². The minimum Gasteiger partial charge on any atom is -0.389 e. The normalized spacial score (nSPS) is 16.1. The van der Waals surface area contributed by atoms with Crippen LogP contribution in [0.2, 0.25) is 33.2 Å². The van der Waals surface area contributed by atoms with Crippen molar-refractivity contribution in [2.24, 2.45) is 0 Å². The number of hydrogen-bond donors (Lipinski definition) is 0. The highest BCUT2D eigenvalue weighted by Gasteiger charge is 2.55. The van der Waals surface area contributed by atoms with Crippen molar-refractivity contribution < 1.29 is 13.1 Å². The van der Waals surface area contributed by atoms with E-state index in [0.717, 1.165) is 27.8 Å². The summed E-state index contributed by atoms with van der Waals surface area (Å²) in [5, 5.41) is 0. The lowest BCUT2D eigenvalue weighted by molar-refractivity contribution is -0.360. The van der Waals surface area contributed by atoms with E-state index in [4.69, 9.17) is 0 Å². The molecular weight excluding hydrogens is 613 g/mol. The number of benzene rings is 1. The Bertz CT molecular complexity index is 1710. The van der Waals surface area contributed by atoms with Gasteiger partial charge in [0.1, 0.15) is 16.1 Å². The molecule has 0 spiro atoms. The third kappa shape index (κ3) is 5.91. The fraction of sp³-hybridized carbons (Fsp3) is 0.525. The summed E-state index contributed by atoms with van der Waals surface area (Å²) < 4.78 is 37.3. The van der Waals surface area contributed by atoms with Gasteiger partial charge in [-0.2, -0.15) is 0 Å². The van der Waals surface area contributed by atoms with Gasteiger partial charge in [-0.1, -0.05) is 107 Å². The molecule has 47 heavy (non-hydrogen) atoms. The Labute approximate surface area is 286 Å². The van der Waals surface area contributed by atoms with Crippen LogP contribution in [0, 0.1) is 43.7 Å². The van der Waals surface area contributed by atoms with Crippen molar-refractivity contribution in [1.29, 1.82) is 0 Å². The van der Waals surface area contributed by atoms with Crippen LogP contribution >= 0.6 is 0 Å². The van der Waals surface area contributed by atoms with Gasteiger partial charge in [0.2, 0.25) is 5.71 Å². The molecule has 0 amide bonds. The SMILES string of the molecule is Cc1cc(C)c(C2=C3C=CC(C#C[Si](C(C)C)(C(C)C)C(C)C)=[N+]3[B-](F)(F)n3c(C#C[Si](C(C)C)(C(C)C)C(C)C)ccc32)c(C)c1. The first kappa shape index (κ1) is 37.0. The largest absolute Gasteiger partial charge is 0.738 e. The molecular formula is C40H57BF2N2Si2. The molecule has 252 valence electrons. The van der Waals surface area contributed by atoms with E-state index < -0.39 is 23.1 Å². The monoisotopic (exact) mass is 670 g/mol. The van der Waals surface area contributed by atoms with Crippen molar-refractivity contribution >= 4 is 34.4 Å². The standard InChI is InChI=1S/C40H57BF2N2Si2/c1-26(2)46(27(3)4,28(5)6)22-20-35-16-18-37-40(39-33(14)24-32(13)25-34(39)15)38-19-17-36(45(38)41(42,43)44(35)37)21-23-47(29(7)8,30(9)10)31(11)12/h16-19,24-31H,1-15H3. The molecule has 1 aromatic carbocycles. The van der Waals surface area contributed by atoms with Crippen LogP contribution in [0.15, 0.2) is 42.1 Å². The Hall–Kier alpha value is -2.87. The van der Waals surface area contributed by atoms with E-state index in [1.165, 1.54) is 8.96 Å². The topological polar surface area (TPSA) is 7.94 Å². The number of halogens is 2. The maximum atomic E-state index is 17.4. The van der Waals surface area contributed by atoms with Crippen LogP contribution in [-0.2, 0) is 0 Å². The summed E-state index contributed by atoms with van der Waals surface area (Å²) in [4.78, 5) is 0. The van der Waals surface area contributed by atoms with Gasteiger partial charge in [0.05, 0.1) is 11.3 Å². The number of aryl methyl sites for hydroxylation is 3. The molecule has 0 aliphatic carbocycles. The second-order valence-corrected chi connectivity index (χ2v) is 27.1. The van der Waals surface area contributed by atoms with Crippen molar-refractivity contribution in [3.05, 3.63) is 75.8 Å². The smallest absolute Gasteiger partial charge is 0.389 e. The summed E-state index contributed by atoms with van der Waals surface area (Å²) in [6, 6.07) is 7.99. The number of fused-ring (bicyclic) bond motifs is 2. The average molecular weight is 671 g/mol. The number of aromatic nitrogens is 1. The van der Waals surface area contributed by atoms with E-state index in [-0.39, 0.29) is 0 Å². The second kappa shape index (κ2) is 13.2. The van der Waals surface area contributed by atoms with Gasteiger partial charge in [0.25, 0.3) is 0 Å². The van der Waals surface area contributed by atoms with Gasteiger partial charge in [-0.25, -0.2) is 0 Å². The summed E-state index contributed by atoms with van der Waals surface area (Å²) in [6.07, 6.45) is 3.69. The summed E-state index contributed by atoms with van der Waals surface area (Å²) >= 11 is 0. The molecule has 2 aliphatic heterocycles. The van der Waals surface area contributed by atoms with Gasteiger partial charge >= 0.3 is 6.97 Å². The third-order valence-electron chi connectivity index (χ3n) is 11.4. The molecule has 7 heteroatoms. The minimum atomic E-state index is -4.27. The molecule has 0 saturated carbocycles. The van der Waals surface area contributed by atoms with Crippen LogP contribution < -0.4 is 0 Å². The molecule has 0 fully saturated rings. The van der Waals surface area contributed by atoms with Crippen LogP contribution in [0.25, 0.3) is 5.57 Å². The molecule has 0 bridgehead atoms. The first-order valence-corrected chi connectivity index (χ1v) is 22.2. The van der Waals surface area contributed by atoms with E-state index in [1.54, 1.807) is 0 Å². The zero-order chi connectivity index (χ0) is 35.4. The Morgan fingerprint density at radius 1 is 0.660 bits per heavy atom. The highest BCUT2D eigenvalue weighted by atomic mass is 28.3. The molecule has 2 nitrogen and oxygen atoms in total. The average Bonchev–Trinajstić information content (AvgIpc) is 3.55. The molecule has 0 atom stereocenters. The highest BCUT2D eigenvalue weighted by molar-refractivity contribution is 6.91. The zero-order valence-electron chi connectivity index (χ0n) is 31.7. The molecule has 2 aromatic rings. The van der Waals surface area contributed by atoms with Crippen LogP contribution in [0.5, 0.6) is 0 Å². The van der Waals surface area contributed by atoms with E-state index in [0.29, 0.717) is 56.0 Å².